The van der Waals surface area contributed by atoms with Crippen molar-refractivity contribution in [1.82, 2.24) is 10.7 Å². The van der Waals surface area contributed by atoms with Gasteiger partial charge in [0.15, 0.2) is 0 Å². The summed E-state index contributed by atoms with van der Waals surface area (Å²) in [5.74, 6) is 0.371. The molecule has 0 atom stereocenters. The minimum Gasteiger partial charge on any atom is -0.351 e. The van der Waals surface area contributed by atoms with Gasteiger partial charge in [0.25, 0.3) is 5.91 Å². The van der Waals surface area contributed by atoms with Gasteiger partial charge in [-0.2, -0.15) is 5.10 Å². The highest BCUT2D eigenvalue weighted by Crippen LogP contribution is 2.22. The molecule has 2 amide bonds. The van der Waals surface area contributed by atoms with Crippen LogP contribution in [-0.4, -0.2) is 24.1 Å². The van der Waals surface area contributed by atoms with Crippen LogP contribution in [0.25, 0.3) is 0 Å². The molecule has 0 aromatic rings. The monoisotopic (exact) mass is 237 g/mol. The average molecular weight is 237 g/mol. The van der Waals surface area contributed by atoms with Crippen LogP contribution in [0.1, 0.15) is 44.9 Å². The van der Waals surface area contributed by atoms with Gasteiger partial charge in [-0.3, -0.25) is 9.59 Å². The maximum atomic E-state index is 11.8. The van der Waals surface area contributed by atoms with Gasteiger partial charge in [0.05, 0.1) is 0 Å². The SMILES string of the molecule is O=C1CCC(C(=O)NCC2CCCCC2)=NN1. The lowest BCUT2D eigenvalue weighted by atomic mass is 9.89. The summed E-state index contributed by atoms with van der Waals surface area (Å²) in [5, 5.41) is 6.70. The molecular weight excluding hydrogens is 218 g/mol. The van der Waals surface area contributed by atoms with Crippen LogP contribution in [0, 0.1) is 5.92 Å². The van der Waals surface area contributed by atoms with Crippen molar-refractivity contribution >= 4 is 17.5 Å². The van der Waals surface area contributed by atoms with Crippen molar-refractivity contribution in [1.29, 1.82) is 0 Å². The van der Waals surface area contributed by atoms with Crippen molar-refractivity contribution in [3.8, 4) is 0 Å². The molecule has 5 heteroatoms. The zero-order valence-corrected chi connectivity index (χ0v) is 10.00. The molecule has 0 spiro atoms. The Bertz CT molecular complexity index is 333. The topological polar surface area (TPSA) is 70.6 Å². The molecule has 0 aromatic carbocycles. The van der Waals surface area contributed by atoms with E-state index in [9.17, 15) is 9.59 Å². The number of carbonyl (C=O) groups excluding carboxylic acids is 2. The lowest BCUT2D eigenvalue weighted by Gasteiger charge is -2.22. The summed E-state index contributed by atoms with van der Waals surface area (Å²) < 4.78 is 0. The van der Waals surface area contributed by atoms with Gasteiger partial charge >= 0.3 is 0 Å². The normalized spacial score (nSPS) is 21.6. The Morgan fingerprint density at radius 2 is 2.06 bits per heavy atom. The molecule has 0 aromatic heterocycles. The molecule has 1 saturated carbocycles. The van der Waals surface area contributed by atoms with Gasteiger partial charge in [-0.15, -0.1) is 0 Å². The molecule has 0 radical (unpaired) electrons. The van der Waals surface area contributed by atoms with Crippen LogP contribution in [0.2, 0.25) is 0 Å². The van der Waals surface area contributed by atoms with Gasteiger partial charge in [-0.05, 0) is 18.8 Å². The van der Waals surface area contributed by atoms with Gasteiger partial charge in [0.2, 0.25) is 5.91 Å². The second-order valence-corrected chi connectivity index (χ2v) is 4.81. The lowest BCUT2D eigenvalue weighted by Crippen LogP contribution is -2.39. The Hall–Kier alpha value is -1.39. The van der Waals surface area contributed by atoms with Crippen molar-refractivity contribution in [3.05, 3.63) is 0 Å². The number of hydrazone groups is 1. The molecule has 2 N–H and O–H groups in total. The van der Waals surface area contributed by atoms with Crippen LogP contribution in [0.15, 0.2) is 5.10 Å². The highest BCUT2D eigenvalue weighted by atomic mass is 16.2. The van der Waals surface area contributed by atoms with Crippen molar-refractivity contribution in [2.45, 2.75) is 44.9 Å². The first-order chi connectivity index (χ1) is 8.25. The number of carbonyl (C=O) groups is 2. The number of rotatable bonds is 3. The number of amides is 2. The fraction of sp³-hybridized carbons (Fsp3) is 0.750. The van der Waals surface area contributed by atoms with Crippen LogP contribution in [0.4, 0.5) is 0 Å². The van der Waals surface area contributed by atoms with E-state index in [1.165, 1.54) is 32.1 Å². The van der Waals surface area contributed by atoms with Crippen molar-refractivity contribution in [2.75, 3.05) is 6.54 Å². The van der Waals surface area contributed by atoms with E-state index in [2.05, 4.69) is 15.8 Å². The van der Waals surface area contributed by atoms with Crippen LogP contribution in [0.5, 0.6) is 0 Å². The van der Waals surface area contributed by atoms with E-state index in [-0.39, 0.29) is 11.8 Å². The zero-order chi connectivity index (χ0) is 12.1. The quantitative estimate of drug-likeness (QED) is 0.767. The number of nitrogens with zero attached hydrogens (tertiary/aromatic N) is 1. The fourth-order valence-electron chi connectivity index (χ4n) is 2.37. The third kappa shape index (κ3) is 3.54. The van der Waals surface area contributed by atoms with E-state index in [0.717, 1.165) is 6.54 Å². The first-order valence-corrected chi connectivity index (χ1v) is 6.39. The number of hydrogen-bond acceptors (Lipinski definition) is 3. The smallest absolute Gasteiger partial charge is 0.267 e. The molecule has 0 saturated heterocycles. The maximum absolute atomic E-state index is 11.8. The lowest BCUT2D eigenvalue weighted by molar-refractivity contribution is -0.121. The van der Waals surface area contributed by atoms with Gasteiger partial charge in [0.1, 0.15) is 5.71 Å². The number of hydrogen-bond donors (Lipinski definition) is 2. The molecule has 1 aliphatic carbocycles. The average Bonchev–Trinajstić information content (AvgIpc) is 2.38. The first-order valence-electron chi connectivity index (χ1n) is 6.39. The Morgan fingerprint density at radius 3 is 2.71 bits per heavy atom. The fourth-order valence-corrected chi connectivity index (χ4v) is 2.37. The predicted molar refractivity (Wildman–Crippen MR) is 64.4 cm³/mol. The maximum Gasteiger partial charge on any atom is 0.267 e. The highest BCUT2D eigenvalue weighted by molar-refractivity contribution is 6.39. The minimum absolute atomic E-state index is 0.117. The summed E-state index contributed by atoms with van der Waals surface area (Å²) in [7, 11) is 0. The van der Waals surface area contributed by atoms with E-state index in [1.54, 1.807) is 0 Å². The summed E-state index contributed by atoms with van der Waals surface area (Å²) >= 11 is 0. The second-order valence-electron chi connectivity index (χ2n) is 4.81. The zero-order valence-electron chi connectivity index (χ0n) is 10.00. The molecule has 17 heavy (non-hydrogen) atoms. The van der Waals surface area contributed by atoms with Crippen LogP contribution < -0.4 is 10.7 Å². The molecule has 94 valence electrons. The first kappa shape index (κ1) is 12.1. The Balaban J connectivity index is 1.75. The van der Waals surface area contributed by atoms with Crippen molar-refractivity contribution in [3.63, 3.8) is 0 Å². The molecule has 0 unspecified atom stereocenters. The molecule has 1 heterocycles. The van der Waals surface area contributed by atoms with E-state index >= 15 is 0 Å². The van der Waals surface area contributed by atoms with Crippen LogP contribution in [0.3, 0.4) is 0 Å². The van der Waals surface area contributed by atoms with Crippen LogP contribution >= 0.6 is 0 Å². The summed E-state index contributed by atoms with van der Waals surface area (Å²) in [6.07, 6.45) is 7.10. The molecular formula is C12H19N3O2. The van der Waals surface area contributed by atoms with E-state index in [0.29, 0.717) is 24.5 Å². The number of nitrogens with one attached hydrogen (secondary N) is 2. The molecule has 0 bridgehead atoms. The van der Waals surface area contributed by atoms with Crippen molar-refractivity contribution < 1.29 is 9.59 Å². The highest BCUT2D eigenvalue weighted by Gasteiger charge is 2.19. The van der Waals surface area contributed by atoms with E-state index in [4.69, 9.17) is 0 Å². The standard InChI is InChI=1S/C12H19N3O2/c16-11-7-6-10(14-15-11)12(17)13-8-9-4-2-1-3-5-9/h9H,1-8H2,(H,13,17)(H,15,16). The van der Waals surface area contributed by atoms with Gasteiger partial charge in [-0.25, -0.2) is 5.43 Å². The molecule has 1 aliphatic heterocycles. The Kier molecular flexibility index (Phi) is 4.12. The summed E-state index contributed by atoms with van der Waals surface area (Å²) in [6, 6.07) is 0. The molecule has 2 rings (SSSR count). The van der Waals surface area contributed by atoms with Crippen LogP contribution in [-0.2, 0) is 9.59 Å². The van der Waals surface area contributed by atoms with Crippen molar-refractivity contribution in [2.24, 2.45) is 11.0 Å². The Labute approximate surface area is 101 Å². The second kappa shape index (κ2) is 5.80. The third-order valence-corrected chi connectivity index (χ3v) is 3.44. The van der Waals surface area contributed by atoms with Gasteiger partial charge in [-0.1, -0.05) is 19.3 Å². The third-order valence-electron chi connectivity index (χ3n) is 3.44. The van der Waals surface area contributed by atoms with E-state index in [1.807, 2.05) is 0 Å². The predicted octanol–water partition coefficient (Wildman–Crippen LogP) is 0.949. The Morgan fingerprint density at radius 1 is 1.29 bits per heavy atom. The minimum atomic E-state index is -0.129. The van der Waals surface area contributed by atoms with Gasteiger partial charge in [0, 0.05) is 19.4 Å². The van der Waals surface area contributed by atoms with Gasteiger partial charge < -0.3 is 5.32 Å². The molecule has 2 aliphatic rings. The summed E-state index contributed by atoms with van der Waals surface area (Å²) in [6.45, 7) is 0.742. The summed E-state index contributed by atoms with van der Waals surface area (Å²) in [5.41, 5.74) is 2.78. The largest absolute Gasteiger partial charge is 0.351 e. The molecule has 5 nitrogen and oxygen atoms in total. The van der Waals surface area contributed by atoms with E-state index < -0.39 is 0 Å². The summed E-state index contributed by atoms with van der Waals surface area (Å²) in [4.78, 5) is 22.6. The molecule has 1 fully saturated rings.